The Balaban J connectivity index is 2.04. The average molecular weight is 283 g/mol. The number of amides is 1. The summed E-state index contributed by atoms with van der Waals surface area (Å²) >= 11 is 0. The Labute approximate surface area is 114 Å². The van der Waals surface area contributed by atoms with Crippen LogP contribution in [-0.4, -0.2) is 23.0 Å². The lowest BCUT2D eigenvalue weighted by Gasteiger charge is -2.27. The summed E-state index contributed by atoms with van der Waals surface area (Å²) < 4.78 is 26.5. The van der Waals surface area contributed by atoms with E-state index < -0.39 is 29.4 Å². The summed E-state index contributed by atoms with van der Waals surface area (Å²) in [5.41, 5.74) is -0.359. The minimum Gasteiger partial charge on any atom is -0.481 e. The van der Waals surface area contributed by atoms with Crippen molar-refractivity contribution >= 4 is 11.9 Å². The van der Waals surface area contributed by atoms with Gasteiger partial charge in [-0.25, -0.2) is 8.78 Å². The smallest absolute Gasteiger partial charge is 0.306 e. The van der Waals surface area contributed by atoms with Crippen LogP contribution in [0.2, 0.25) is 0 Å². The first-order valence-corrected chi connectivity index (χ1v) is 6.46. The normalized spacial score (nSPS) is 22.3. The maximum atomic E-state index is 13.5. The highest BCUT2D eigenvalue weighted by molar-refractivity contribution is 5.94. The molecular weight excluding hydrogens is 268 g/mol. The van der Waals surface area contributed by atoms with Gasteiger partial charge in [-0.3, -0.25) is 9.59 Å². The van der Waals surface area contributed by atoms with Gasteiger partial charge in [0.05, 0.1) is 11.5 Å². The van der Waals surface area contributed by atoms with Gasteiger partial charge in [0.2, 0.25) is 0 Å². The molecule has 0 heterocycles. The maximum absolute atomic E-state index is 13.5. The maximum Gasteiger partial charge on any atom is 0.306 e. The molecule has 0 aliphatic heterocycles. The second kappa shape index (κ2) is 5.98. The monoisotopic (exact) mass is 283 g/mol. The van der Waals surface area contributed by atoms with Crippen molar-refractivity contribution in [2.45, 2.75) is 31.7 Å². The van der Waals surface area contributed by atoms with Gasteiger partial charge in [-0.05, 0) is 31.4 Å². The van der Waals surface area contributed by atoms with Crippen LogP contribution in [0, 0.1) is 17.6 Å². The topological polar surface area (TPSA) is 66.4 Å². The van der Waals surface area contributed by atoms with E-state index in [9.17, 15) is 18.4 Å². The quantitative estimate of drug-likeness (QED) is 0.894. The van der Waals surface area contributed by atoms with Crippen molar-refractivity contribution < 1.29 is 23.5 Å². The molecule has 1 saturated carbocycles. The van der Waals surface area contributed by atoms with E-state index in [0.29, 0.717) is 25.7 Å². The van der Waals surface area contributed by atoms with Crippen LogP contribution in [0.4, 0.5) is 8.78 Å². The lowest BCUT2D eigenvalue weighted by Crippen LogP contribution is -2.40. The Hall–Kier alpha value is -1.98. The highest BCUT2D eigenvalue weighted by Gasteiger charge is 2.28. The van der Waals surface area contributed by atoms with Crippen LogP contribution in [0.5, 0.6) is 0 Å². The molecule has 2 atom stereocenters. The number of rotatable bonds is 3. The zero-order valence-corrected chi connectivity index (χ0v) is 10.7. The molecule has 0 radical (unpaired) electrons. The zero-order chi connectivity index (χ0) is 14.7. The average Bonchev–Trinajstić information content (AvgIpc) is 2.42. The van der Waals surface area contributed by atoms with Crippen molar-refractivity contribution in [2.24, 2.45) is 5.92 Å². The number of aliphatic carboxylic acids is 1. The standard InChI is InChI=1S/C14H15F2NO3/c15-11-6-2-5-10(12(11)16)13(18)17-9-4-1-3-8(7-9)14(19)20/h2,5-6,8-9H,1,3-4,7H2,(H,17,18)(H,19,20). The van der Waals surface area contributed by atoms with Crippen molar-refractivity contribution in [2.75, 3.05) is 0 Å². The zero-order valence-electron chi connectivity index (χ0n) is 10.7. The Kier molecular flexibility index (Phi) is 4.32. The van der Waals surface area contributed by atoms with Gasteiger partial charge in [0.1, 0.15) is 0 Å². The van der Waals surface area contributed by atoms with Crippen LogP contribution in [0.3, 0.4) is 0 Å². The summed E-state index contributed by atoms with van der Waals surface area (Å²) in [5, 5.41) is 11.5. The van der Waals surface area contributed by atoms with Gasteiger partial charge in [0.15, 0.2) is 11.6 Å². The van der Waals surface area contributed by atoms with Crippen LogP contribution < -0.4 is 5.32 Å². The van der Waals surface area contributed by atoms with E-state index in [1.165, 1.54) is 12.1 Å². The number of carbonyl (C=O) groups excluding carboxylic acids is 1. The number of carboxylic acid groups (broad SMARTS) is 1. The first-order chi connectivity index (χ1) is 9.49. The molecule has 0 spiro atoms. The predicted octanol–water partition coefficient (Wildman–Crippen LogP) is 2.34. The Morgan fingerprint density at radius 2 is 2.00 bits per heavy atom. The van der Waals surface area contributed by atoms with Crippen LogP contribution in [-0.2, 0) is 4.79 Å². The van der Waals surface area contributed by atoms with Gasteiger partial charge in [-0.15, -0.1) is 0 Å². The van der Waals surface area contributed by atoms with E-state index in [4.69, 9.17) is 5.11 Å². The predicted molar refractivity (Wildman–Crippen MR) is 67.2 cm³/mol. The van der Waals surface area contributed by atoms with Crippen molar-refractivity contribution in [1.29, 1.82) is 0 Å². The molecule has 4 nitrogen and oxygen atoms in total. The van der Waals surface area contributed by atoms with Crippen LogP contribution in [0.15, 0.2) is 18.2 Å². The van der Waals surface area contributed by atoms with Crippen molar-refractivity contribution in [3.63, 3.8) is 0 Å². The number of hydrogen-bond donors (Lipinski definition) is 2. The first kappa shape index (κ1) is 14.4. The molecule has 2 N–H and O–H groups in total. The number of hydrogen-bond acceptors (Lipinski definition) is 2. The molecule has 6 heteroatoms. The highest BCUT2D eigenvalue weighted by Crippen LogP contribution is 2.25. The Bertz CT molecular complexity index is 533. The fourth-order valence-electron chi connectivity index (χ4n) is 2.49. The lowest BCUT2D eigenvalue weighted by atomic mass is 9.85. The Morgan fingerprint density at radius 1 is 1.25 bits per heavy atom. The molecule has 2 rings (SSSR count). The van der Waals surface area contributed by atoms with Gasteiger partial charge >= 0.3 is 5.97 Å². The van der Waals surface area contributed by atoms with E-state index in [-0.39, 0.29) is 11.6 Å². The lowest BCUT2D eigenvalue weighted by molar-refractivity contribution is -0.143. The molecule has 1 fully saturated rings. The molecule has 0 bridgehead atoms. The van der Waals surface area contributed by atoms with Crippen LogP contribution in [0.1, 0.15) is 36.0 Å². The van der Waals surface area contributed by atoms with E-state index in [0.717, 1.165) is 6.07 Å². The van der Waals surface area contributed by atoms with E-state index in [1.807, 2.05) is 0 Å². The third kappa shape index (κ3) is 3.12. The minimum absolute atomic E-state index is 0.317. The van der Waals surface area contributed by atoms with Gasteiger partial charge in [0.25, 0.3) is 5.91 Å². The number of halogens is 2. The molecule has 1 aliphatic carbocycles. The summed E-state index contributed by atoms with van der Waals surface area (Å²) in [7, 11) is 0. The third-order valence-corrected chi connectivity index (χ3v) is 3.55. The molecule has 0 aromatic heterocycles. The number of carboxylic acids is 1. The molecule has 1 aromatic carbocycles. The van der Waals surface area contributed by atoms with E-state index in [1.54, 1.807) is 0 Å². The van der Waals surface area contributed by atoms with E-state index in [2.05, 4.69) is 5.32 Å². The summed E-state index contributed by atoms with van der Waals surface area (Å²) in [6.45, 7) is 0. The van der Waals surface area contributed by atoms with E-state index >= 15 is 0 Å². The summed E-state index contributed by atoms with van der Waals surface area (Å²) in [5.74, 6) is -4.36. The second-order valence-electron chi connectivity index (χ2n) is 4.97. The summed E-state index contributed by atoms with van der Waals surface area (Å²) in [6, 6.07) is 3.08. The molecule has 1 amide bonds. The fourth-order valence-corrected chi connectivity index (χ4v) is 2.49. The molecule has 108 valence electrons. The van der Waals surface area contributed by atoms with Crippen LogP contribution in [0.25, 0.3) is 0 Å². The van der Waals surface area contributed by atoms with Gasteiger partial charge in [-0.2, -0.15) is 0 Å². The van der Waals surface area contributed by atoms with Gasteiger partial charge in [0, 0.05) is 6.04 Å². The highest BCUT2D eigenvalue weighted by atomic mass is 19.2. The molecule has 0 saturated heterocycles. The van der Waals surface area contributed by atoms with Gasteiger partial charge < -0.3 is 10.4 Å². The Morgan fingerprint density at radius 3 is 2.70 bits per heavy atom. The first-order valence-electron chi connectivity index (χ1n) is 6.46. The number of nitrogens with one attached hydrogen (secondary N) is 1. The third-order valence-electron chi connectivity index (χ3n) is 3.55. The minimum atomic E-state index is -1.18. The van der Waals surface area contributed by atoms with Crippen molar-refractivity contribution in [1.82, 2.24) is 5.32 Å². The number of carbonyl (C=O) groups is 2. The second-order valence-corrected chi connectivity index (χ2v) is 4.97. The summed E-state index contributed by atoms with van der Waals surface area (Å²) in [4.78, 5) is 22.8. The van der Waals surface area contributed by atoms with Crippen molar-refractivity contribution in [3.8, 4) is 0 Å². The number of benzene rings is 1. The fraction of sp³-hybridized carbons (Fsp3) is 0.429. The molecular formula is C14H15F2NO3. The summed E-state index contributed by atoms with van der Waals surface area (Å²) in [6.07, 6.45) is 2.23. The molecule has 1 aliphatic rings. The van der Waals surface area contributed by atoms with Crippen LogP contribution >= 0.6 is 0 Å². The largest absolute Gasteiger partial charge is 0.481 e. The van der Waals surface area contributed by atoms with Crippen molar-refractivity contribution in [3.05, 3.63) is 35.4 Å². The molecule has 20 heavy (non-hydrogen) atoms. The SMILES string of the molecule is O=C(NC1CCCC(C(=O)O)C1)c1cccc(F)c1F. The molecule has 1 aromatic rings. The van der Waals surface area contributed by atoms with Gasteiger partial charge in [-0.1, -0.05) is 12.5 Å². The molecule has 2 unspecified atom stereocenters.